The molecule has 0 saturated carbocycles. The number of nitro groups is 1. The van der Waals surface area contributed by atoms with Gasteiger partial charge in [-0.1, -0.05) is 0 Å². The second kappa shape index (κ2) is 5.84. The topological polar surface area (TPSA) is 112 Å². The molecule has 1 aromatic carbocycles. The Bertz CT molecular complexity index is 824. The first-order chi connectivity index (χ1) is 10.4. The minimum Gasteiger partial charge on any atom is -0.450 e. The van der Waals surface area contributed by atoms with Gasteiger partial charge in [0.2, 0.25) is 5.58 Å². The highest BCUT2D eigenvalue weighted by Crippen LogP contribution is 2.34. The number of carbonyl (C=O) groups is 1. The highest BCUT2D eigenvalue weighted by molar-refractivity contribution is 5.98. The predicted octanol–water partition coefficient (Wildman–Crippen LogP) is 2.89. The van der Waals surface area contributed by atoms with Crippen molar-refractivity contribution >= 4 is 28.4 Å². The van der Waals surface area contributed by atoms with Gasteiger partial charge in [-0.15, -0.1) is 0 Å². The maximum absolute atomic E-state index is 11.8. The normalized spacial score (nSPS) is 10.5. The Kier molecular flexibility index (Phi) is 4.11. The number of ether oxygens (including phenoxy) is 1. The predicted molar refractivity (Wildman–Crippen MR) is 79.3 cm³/mol. The smallest absolute Gasteiger partial charge is 0.411 e. The zero-order valence-electron chi connectivity index (χ0n) is 12.3. The van der Waals surface area contributed by atoms with Gasteiger partial charge in [0.1, 0.15) is 5.69 Å². The average Bonchev–Trinajstić information content (AvgIpc) is 2.44. The van der Waals surface area contributed by atoms with Crippen molar-refractivity contribution in [3.8, 4) is 0 Å². The molecule has 0 saturated heterocycles. The Morgan fingerprint density at radius 1 is 1.36 bits per heavy atom. The van der Waals surface area contributed by atoms with Crippen LogP contribution >= 0.6 is 0 Å². The van der Waals surface area contributed by atoms with Crippen molar-refractivity contribution in [2.75, 3.05) is 11.9 Å². The number of anilines is 1. The molecule has 0 aliphatic heterocycles. The number of amides is 1. The molecular weight excluding hydrogens is 292 g/mol. The first-order valence-electron chi connectivity index (χ1n) is 6.52. The van der Waals surface area contributed by atoms with Gasteiger partial charge in [-0.25, -0.2) is 9.59 Å². The zero-order chi connectivity index (χ0) is 16.4. The summed E-state index contributed by atoms with van der Waals surface area (Å²) in [5.74, 6) is 0. The third-order valence-electron chi connectivity index (χ3n) is 3.29. The highest BCUT2D eigenvalue weighted by Gasteiger charge is 2.24. The molecule has 0 spiro atoms. The lowest BCUT2D eigenvalue weighted by Crippen LogP contribution is -2.15. The van der Waals surface area contributed by atoms with Crippen LogP contribution in [0.25, 0.3) is 11.0 Å². The van der Waals surface area contributed by atoms with E-state index in [1.165, 1.54) is 6.07 Å². The highest BCUT2D eigenvalue weighted by atomic mass is 16.6. The molecule has 2 rings (SSSR count). The largest absolute Gasteiger partial charge is 0.450 e. The monoisotopic (exact) mass is 306 g/mol. The molecule has 0 aliphatic rings. The maximum atomic E-state index is 11.8. The molecule has 0 bridgehead atoms. The Balaban J connectivity index is 2.73. The Labute approximate surface area is 124 Å². The quantitative estimate of drug-likeness (QED) is 0.530. The molecule has 22 heavy (non-hydrogen) atoms. The molecule has 116 valence electrons. The number of nitrogens with one attached hydrogen (secondary N) is 1. The third kappa shape index (κ3) is 2.62. The van der Waals surface area contributed by atoms with Crippen LogP contribution < -0.4 is 10.9 Å². The van der Waals surface area contributed by atoms with Gasteiger partial charge in [0.25, 0.3) is 0 Å². The lowest BCUT2D eigenvalue weighted by Gasteiger charge is -2.09. The number of fused-ring (bicyclic) bond motifs is 1. The van der Waals surface area contributed by atoms with Gasteiger partial charge in [0.05, 0.1) is 11.5 Å². The van der Waals surface area contributed by atoms with Crippen molar-refractivity contribution in [2.45, 2.75) is 20.8 Å². The summed E-state index contributed by atoms with van der Waals surface area (Å²) in [6.07, 6.45) is -0.823. The van der Waals surface area contributed by atoms with E-state index in [1.807, 2.05) is 0 Å². The summed E-state index contributed by atoms with van der Waals surface area (Å²) in [6.45, 7) is 4.99. The summed E-state index contributed by atoms with van der Waals surface area (Å²) >= 11 is 0. The fraction of sp³-hybridized carbons (Fsp3) is 0.286. The number of nitro benzene ring substituents is 1. The second-order valence-corrected chi connectivity index (χ2v) is 4.58. The van der Waals surface area contributed by atoms with E-state index in [4.69, 9.17) is 9.15 Å². The Hall–Kier alpha value is -2.90. The fourth-order valence-electron chi connectivity index (χ4n) is 2.05. The lowest BCUT2D eigenvalue weighted by molar-refractivity contribution is -0.382. The summed E-state index contributed by atoms with van der Waals surface area (Å²) in [5.41, 5.74) is -0.424. The molecule has 0 aliphatic carbocycles. The molecule has 8 heteroatoms. The zero-order valence-corrected chi connectivity index (χ0v) is 12.3. The van der Waals surface area contributed by atoms with Crippen LogP contribution in [0.4, 0.5) is 16.2 Å². The minimum atomic E-state index is -0.823. The fourth-order valence-corrected chi connectivity index (χ4v) is 2.05. The van der Waals surface area contributed by atoms with Crippen molar-refractivity contribution < 1.29 is 18.9 Å². The number of carbonyl (C=O) groups excluding carboxylic acids is 1. The molecule has 8 nitrogen and oxygen atoms in total. The van der Waals surface area contributed by atoms with Crippen molar-refractivity contribution in [3.63, 3.8) is 0 Å². The number of nitrogens with zero attached hydrogens (tertiary/aromatic N) is 1. The number of aryl methyl sites for hydroxylation is 1. The molecule has 0 fully saturated rings. The number of rotatable bonds is 3. The van der Waals surface area contributed by atoms with Crippen LogP contribution in [0.15, 0.2) is 21.3 Å². The molecule has 1 N–H and O–H groups in total. The molecule has 1 amide bonds. The van der Waals surface area contributed by atoms with Crippen LogP contribution in [0.5, 0.6) is 0 Å². The van der Waals surface area contributed by atoms with Crippen LogP contribution in [0.2, 0.25) is 0 Å². The van der Waals surface area contributed by atoms with Crippen LogP contribution in [0, 0.1) is 24.0 Å². The van der Waals surface area contributed by atoms with Gasteiger partial charge in [-0.05, 0) is 38.5 Å². The Morgan fingerprint density at radius 3 is 2.64 bits per heavy atom. The van der Waals surface area contributed by atoms with Crippen LogP contribution in [0.1, 0.15) is 18.1 Å². The van der Waals surface area contributed by atoms with Gasteiger partial charge in [-0.2, -0.15) is 0 Å². The van der Waals surface area contributed by atoms with Crippen LogP contribution in [0.3, 0.4) is 0 Å². The van der Waals surface area contributed by atoms with Crippen molar-refractivity contribution in [1.82, 2.24) is 0 Å². The molecule has 2 aromatic rings. The minimum absolute atomic E-state index is 0.0950. The molecule has 0 unspecified atom stereocenters. The van der Waals surface area contributed by atoms with E-state index in [-0.39, 0.29) is 17.9 Å². The Morgan fingerprint density at radius 2 is 2.05 bits per heavy atom. The van der Waals surface area contributed by atoms with E-state index in [0.717, 1.165) is 0 Å². The van der Waals surface area contributed by atoms with E-state index in [0.29, 0.717) is 16.5 Å². The van der Waals surface area contributed by atoms with Gasteiger partial charge in [-0.3, -0.25) is 15.4 Å². The molecule has 0 atom stereocenters. The molecule has 1 aromatic heterocycles. The van der Waals surface area contributed by atoms with Crippen molar-refractivity contribution in [2.24, 2.45) is 0 Å². The van der Waals surface area contributed by atoms with E-state index < -0.39 is 22.3 Å². The summed E-state index contributed by atoms with van der Waals surface area (Å²) < 4.78 is 9.75. The number of benzene rings is 1. The van der Waals surface area contributed by atoms with E-state index in [2.05, 4.69) is 5.32 Å². The van der Waals surface area contributed by atoms with Gasteiger partial charge in [0, 0.05) is 10.9 Å². The average molecular weight is 306 g/mol. The van der Waals surface area contributed by atoms with E-state index >= 15 is 0 Å². The summed E-state index contributed by atoms with van der Waals surface area (Å²) in [4.78, 5) is 33.9. The SMILES string of the molecule is CCOC(=O)Nc1ccc2c(C)c(C)c(=O)oc2c1[N+](=O)[O-]. The standard InChI is InChI=1S/C14H14N2O6/c1-4-21-14(18)15-10-6-5-9-7(2)8(3)13(17)22-12(9)11(10)16(19)20/h5-6H,4H2,1-3H3,(H,15,18). The van der Waals surface area contributed by atoms with Gasteiger partial charge >= 0.3 is 17.4 Å². The number of hydrogen-bond donors (Lipinski definition) is 1. The van der Waals surface area contributed by atoms with Crippen molar-refractivity contribution in [1.29, 1.82) is 0 Å². The van der Waals surface area contributed by atoms with E-state index in [9.17, 15) is 19.7 Å². The summed E-state index contributed by atoms with van der Waals surface area (Å²) in [5, 5.41) is 14.1. The lowest BCUT2D eigenvalue weighted by atomic mass is 10.1. The summed E-state index contributed by atoms with van der Waals surface area (Å²) in [6, 6.07) is 2.93. The van der Waals surface area contributed by atoms with Crippen LogP contribution in [-0.2, 0) is 4.74 Å². The van der Waals surface area contributed by atoms with Crippen LogP contribution in [-0.4, -0.2) is 17.6 Å². The van der Waals surface area contributed by atoms with Crippen molar-refractivity contribution in [3.05, 3.63) is 43.8 Å². The van der Waals surface area contributed by atoms with E-state index in [1.54, 1.807) is 26.8 Å². The first kappa shape index (κ1) is 15.5. The third-order valence-corrected chi connectivity index (χ3v) is 3.29. The molecular formula is C14H14N2O6. The maximum Gasteiger partial charge on any atom is 0.411 e. The molecule has 0 radical (unpaired) electrons. The van der Waals surface area contributed by atoms with Gasteiger partial charge < -0.3 is 9.15 Å². The summed E-state index contributed by atoms with van der Waals surface area (Å²) in [7, 11) is 0. The first-order valence-corrected chi connectivity index (χ1v) is 6.52. The van der Waals surface area contributed by atoms with Gasteiger partial charge in [0.15, 0.2) is 0 Å². The molecule has 1 heterocycles. The second-order valence-electron chi connectivity index (χ2n) is 4.58. The number of hydrogen-bond acceptors (Lipinski definition) is 6.